The molecule has 3 atom stereocenters. The van der Waals surface area contributed by atoms with Gasteiger partial charge in [0.25, 0.3) is 0 Å². The second kappa shape index (κ2) is 12.2. The van der Waals surface area contributed by atoms with Crippen molar-refractivity contribution in [3.05, 3.63) is 70.9 Å². The molecule has 0 spiro atoms. The lowest BCUT2D eigenvalue weighted by molar-refractivity contribution is -0.140. The number of rotatable bonds is 12. The van der Waals surface area contributed by atoms with Crippen LogP contribution in [0.5, 0.6) is 0 Å². The molecule has 0 aliphatic rings. The fourth-order valence-electron chi connectivity index (χ4n) is 3.61. The van der Waals surface area contributed by atoms with E-state index >= 15 is 0 Å². The molecule has 31 heavy (non-hydrogen) atoms. The van der Waals surface area contributed by atoms with Crippen LogP contribution in [0.2, 0.25) is 0 Å². The van der Waals surface area contributed by atoms with Gasteiger partial charge in [0.15, 0.2) is 5.78 Å². The van der Waals surface area contributed by atoms with Crippen LogP contribution >= 0.6 is 11.3 Å². The number of amides is 2. The molecule has 6 nitrogen and oxygen atoms in total. The Morgan fingerprint density at radius 2 is 1.77 bits per heavy atom. The van der Waals surface area contributed by atoms with Crippen molar-refractivity contribution in [3.8, 4) is 0 Å². The maximum absolute atomic E-state index is 13.3. The number of hydrogen-bond donors (Lipinski definition) is 3. The van der Waals surface area contributed by atoms with Crippen LogP contribution in [0.15, 0.2) is 60.5 Å². The van der Waals surface area contributed by atoms with Crippen LogP contribution in [0.4, 0.5) is 0 Å². The molecule has 0 bridgehead atoms. The standard InChI is InChI=1S/C24H30N2O4S/c1-4-9-18(24(29)26-30)19(14-16(2)3)23(28)25-20(15-17-10-6-5-7-11-17)22(27)21-12-8-13-31-21/h4-8,10-13,16,18-20,30H,1,9,14-15H2,2-3H3,(H,25,28)(H,26,29)/t18-,19+,20-/m0/s1. The molecule has 2 aromatic rings. The Labute approximate surface area is 187 Å². The molecule has 0 aliphatic heterocycles. The number of Topliss-reactive ketones (excluding diaryl/α,β-unsaturated/α-hetero) is 1. The van der Waals surface area contributed by atoms with E-state index in [9.17, 15) is 14.4 Å². The van der Waals surface area contributed by atoms with Gasteiger partial charge in [0.05, 0.1) is 22.8 Å². The first-order valence-corrected chi connectivity index (χ1v) is 11.2. The number of allylic oxidation sites excluding steroid dienone is 1. The molecule has 2 rings (SSSR count). The van der Waals surface area contributed by atoms with E-state index in [0.717, 1.165) is 5.56 Å². The molecule has 2 amide bonds. The van der Waals surface area contributed by atoms with E-state index in [1.165, 1.54) is 11.3 Å². The van der Waals surface area contributed by atoms with Crippen molar-refractivity contribution in [2.24, 2.45) is 17.8 Å². The van der Waals surface area contributed by atoms with E-state index in [1.807, 2.05) is 49.6 Å². The highest BCUT2D eigenvalue weighted by Crippen LogP contribution is 2.25. The van der Waals surface area contributed by atoms with Gasteiger partial charge in [0.1, 0.15) is 0 Å². The van der Waals surface area contributed by atoms with Gasteiger partial charge in [-0.2, -0.15) is 0 Å². The monoisotopic (exact) mass is 442 g/mol. The third-order valence-corrected chi connectivity index (χ3v) is 5.98. The minimum atomic E-state index is -0.779. The Bertz CT molecular complexity index is 865. The first-order chi connectivity index (χ1) is 14.9. The molecule has 1 aromatic carbocycles. The molecule has 166 valence electrons. The second-order valence-corrected chi connectivity index (χ2v) is 8.88. The summed E-state index contributed by atoms with van der Waals surface area (Å²) in [5, 5.41) is 13.9. The van der Waals surface area contributed by atoms with Gasteiger partial charge >= 0.3 is 0 Å². The van der Waals surface area contributed by atoms with E-state index in [2.05, 4.69) is 11.9 Å². The first-order valence-electron chi connectivity index (χ1n) is 10.3. The van der Waals surface area contributed by atoms with Gasteiger partial charge in [-0.25, -0.2) is 5.48 Å². The van der Waals surface area contributed by atoms with Gasteiger partial charge in [-0.05, 0) is 35.8 Å². The fourth-order valence-corrected chi connectivity index (χ4v) is 4.33. The third-order valence-electron chi connectivity index (χ3n) is 5.10. The molecule has 7 heteroatoms. The van der Waals surface area contributed by atoms with Crippen molar-refractivity contribution in [1.29, 1.82) is 0 Å². The number of ketones is 1. The molecule has 1 heterocycles. The summed E-state index contributed by atoms with van der Waals surface area (Å²) in [7, 11) is 0. The first kappa shape index (κ1) is 24.5. The molecule has 3 N–H and O–H groups in total. The molecule has 1 aromatic heterocycles. The van der Waals surface area contributed by atoms with Crippen molar-refractivity contribution in [2.45, 2.75) is 39.2 Å². The van der Waals surface area contributed by atoms with Crippen LogP contribution in [0.25, 0.3) is 0 Å². The predicted octanol–water partition coefficient (Wildman–Crippen LogP) is 4.02. The van der Waals surface area contributed by atoms with Crippen molar-refractivity contribution < 1.29 is 19.6 Å². The number of benzene rings is 1. The SMILES string of the molecule is C=CC[C@H](C(=O)NO)[C@@H](CC(C)C)C(=O)N[C@@H](Cc1ccccc1)C(=O)c1cccs1. The van der Waals surface area contributed by atoms with E-state index in [1.54, 1.807) is 23.7 Å². The Kier molecular flexibility index (Phi) is 9.62. The number of hydrogen-bond acceptors (Lipinski definition) is 5. The normalized spacial score (nSPS) is 13.8. The Hall–Kier alpha value is -2.77. The molecule has 0 unspecified atom stereocenters. The van der Waals surface area contributed by atoms with E-state index in [4.69, 9.17) is 5.21 Å². The molecule has 0 saturated carbocycles. The van der Waals surface area contributed by atoms with Gasteiger partial charge < -0.3 is 5.32 Å². The largest absolute Gasteiger partial charge is 0.345 e. The Balaban J connectivity index is 2.31. The summed E-state index contributed by atoms with van der Waals surface area (Å²) in [6, 6.07) is 12.3. The van der Waals surface area contributed by atoms with Crippen molar-refractivity contribution in [1.82, 2.24) is 10.8 Å². The Morgan fingerprint density at radius 3 is 2.32 bits per heavy atom. The second-order valence-electron chi connectivity index (χ2n) is 7.94. The molecular weight excluding hydrogens is 412 g/mol. The van der Waals surface area contributed by atoms with E-state index in [0.29, 0.717) is 17.7 Å². The van der Waals surface area contributed by atoms with Crippen LogP contribution in [0.3, 0.4) is 0 Å². The molecule has 0 fully saturated rings. The van der Waals surface area contributed by atoms with E-state index < -0.39 is 23.8 Å². The minimum absolute atomic E-state index is 0.134. The van der Waals surface area contributed by atoms with Crippen LogP contribution in [-0.4, -0.2) is 28.8 Å². The third kappa shape index (κ3) is 7.15. The van der Waals surface area contributed by atoms with Crippen LogP contribution in [-0.2, 0) is 16.0 Å². The molecule has 0 aliphatic carbocycles. The lowest BCUT2D eigenvalue weighted by Gasteiger charge is -2.27. The number of carbonyl (C=O) groups is 3. The Morgan fingerprint density at radius 1 is 1.06 bits per heavy atom. The topological polar surface area (TPSA) is 95.5 Å². The van der Waals surface area contributed by atoms with Gasteiger partial charge in [-0.15, -0.1) is 17.9 Å². The highest BCUT2D eigenvalue weighted by molar-refractivity contribution is 7.12. The zero-order valence-electron chi connectivity index (χ0n) is 17.9. The summed E-state index contributed by atoms with van der Waals surface area (Å²) >= 11 is 1.33. The maximum atomic E-state index is 13.3. The van der Waals surface area contributed by atoms with Crippen molar-refractivity contribution in [2.75, 3.05) is 0 Å². The summed E-state index contributed by atoms with van der Waals surface area (Å²) in [4.78, 5) is 39.3. The van der Waals surface area contributed by atoms with Gasteiger partial charge in [-0.1, -0.05) is 56.3 Å². The lowest BCUT2D eigenvalue weighted by atomic mass is 9.82. The average molecular weight is 443 g/mol. The van der Waals surface area contributed by atoms with E-state index in [-0.39, 0.29) is 24.0 Å². The van der Waals surface area contributed by atoms with Crippen molar-refractivity contribution >= 4 is 28.9 Å². The number of carbonyl (C=O) groups excluding carboxylic acids is 3. The summed E-state index contributed by atoms with van der Waals surface area (Å²) in [5.41, 5.74) is 2.59. The van der Waals surface area contributed by atoms with Crippen molar-refractivity contribution in [3.63, 3.8) is 0 Å². The van der Waals surface area contributed by atoms with Crippen LogP contribution in [0, 0.1) is 17.8 Å². The summed E-state index contributed by atoms with van der Waals surface area (Å²) < 4.78 is 0. The molecule has 0 saturated heterocycles. The van der Waals surface area contributed by atoms with Gasteiger partial charge in [-0.3, -0.25) is 19.6 Å². The number of thiophene rings is 1. The summed E-state index contributed by atoms with van der Waals surface area (Å²) in [6.07, 6.45) is 2.57. The van der Waals surface area contributed by atoms with Gasteiger partial charge in [0.2, 0.25) is 11.8 Å². The highest BCUT2D eigenvalue weighted by atomic mass is 32.1. The smallest absolute Gasteiger partial charge is 0.247 e. The fraction of sp³-hybridized carbons (Fsp3) is 0.375. The zero-order valence-corrected chi connectivity index (χ0v) is 18.7. The number of nitrogens with one attached hydrogen (secondary N) is 2. The van der Waals surface area contributed by atoms with Crippen LogP contribution in [0.1, 0.15) is 41.9 Å². The number of hydroxylamine groups is 1. The minimum Gasteiger partial charge on any atom is -0.345 e. The summed E-state index contributed by atoms with van der Waals surface area (Å²) in [5.74, 6) is -2.53. The van der Waals surface area contributed by atoms with Crippen LogP contribution < -0.4 is 10.8 Å². The molecule has 0 radical (unpaired) electrons. The predicted molar refractivity (Wildman–Crippen MR) is 122 cm³/mol. The zero-order chi connectivity index (χ0) is 22.8. The average Bonchev–Trinajstić information content (AvgIpc) is 3.30. The quantitative estimate of drug-likeness (QED) is 0.200. The maximum Gasteiger partial charge on any atom is 0.247 e. The highest BCUT2D eigenvalue weighted by Gasteiger charge is 2.35. The lowest BCUT2D eigenvalue weighted by Crippen LogP contribution is -2.48. The van der Waals surface area contributed by atoms with Gasteiger partial charge in [0, 0.05) is 6.42 Å². The summed E-state index contributed by atoms with van der Waals surface area (Å²) in [6.45, 7) is 7.59. The molecular formula is C24H30N2O4S.